The number of nitrogens with two attached hydrogens (primary N) is 1. The molecular weight excluding hydrogens is 264 g/mol. The van der Waals surface area contributed by atoms with Crippen LogP contribution in [-0.2, 0) is 9.59 Å². The molecule has 0 saturated heterocycles. The maximum Gasteiger partial charge on any atom is 0.240 e. The van der Waals surface area contributed by atoms with Gasteiger partial charge < -0.3 is 11.1 Å². The molecule has 2 amide bonds. The Hall–Kier alpha value is -1.84. The zero-order valence-electron chi connectivity index (χ0n) is 13.1. The summed E-state index contributed by atoms with van der Waals surface area (Å²) in [7, 11) is 0. The molecule has 1 rings (SSSR count). The first-order chi connectivity index (χ1) is 9.97. The van der Waals surface area contributed by atoms with E-state index in [-0.39, 0.29) is 17.7 Å². The number of amides is 2. The normalized spacial score (nSPS) is 15.0. The van der Waals surface area contributed by atoms with Crippen LogP contribution >= 0.6 is 0 Å². The molecule has 3 atom stereocenters. The van der Waals surface area contributed by atoms with Crippen molar-refractivity contribution in [1.29, 1.82) is 0 Å². The van der Waals surface area contributed by atoms with Crippen molar-refractivity contribution in [1.82, 2.24) is 5.32 Å². The van der Waals surface area contributed by atoms with Crippen LogP contribution in [0.3, 0.4) is 0 Å². The van der Waals surface area contributed by atoms with Crippen molar-refractivity contribution in [2.75, 3.05) is 0 Å². The van der Waals surface area contributed by atoms with Crippen molar-refractivity contribution in [3.63, 3.8) is 0 Å². The molecule has 0 heterocycles. The summed E-state index contributed by atoms with van der Waals surface area (Å²) in [4.78, 5) is 23.9. The zero-order chi connectivity index (χ0) is 15.8. The van der Waals surface area contributed by atoms with Crippen molar-refractivity contribution in [2.24, 2.45) is 11.7 Å². The van der Waals surface area contributed by atoms with Gasteiger partial charge in [-0.1, -0.05) is 63.9 Å². The van der Waals surface area contributed by atoms with Gasteiger partial charge in [0, 0.05) is 11.8 Å². The Balaban J connectivity index is 2.74. The monoisotopic (exact) mass is 290 g/mol. The molecule has 0 bridgehead atoms. The molecule has 0 aliphatic heterocycles. The molecule has 4 nitrogen and oxygen atoms in total. The highest BCUT2D eigenvalue weighted by Gasteiger charge is 2.27. The van der Waals surface area contributed by atoms with Crippen molar-refractivity contribution < 1.29 is 9.59 Å². The molecule has 0 unspecified atom stereocenters. The molecule has 4 heteroatoms. The Kier molecular flexibility index (Phi) is 6.92. The van der Waals surface area contributed by atoms with Crippen LogP contribution in [0, 0.1) is 5.92 Å². The molecule has 0 fully saturated rings. The summed E-state index contributed by atoms with van der Waals surface area (Å²) in [6, 6.07) is 8.94. The van der Waals surface area contributed by atoms with E-state index >= 15 is 0 Å². The first-order valence-corrected chi connectivity index (χ1v) is 7.62. The van der Waals surface area contributed by atoms with Gasteiger partial charge in [-0.2, -0.15) is 0 Å². The van der Waals surface area contributed by atoms with E-state index in [1.165, 1.54) is 0 Å². The SMILES string of the molecule is CCCC[C@H](C)C(=O)N[C@H](C(N)=O)[C@@H](C)c1ccccc1. The number of rotatable bonds is 8. The van der Waals surface area contributed by atoms with Crippen LogP contribution in [0.1, 0.15) is 51.5 Å². The van der Waals surface area contributed by atoms with E-state index in [1.54, 1.807) is 0 Å². The van der Waals surface area contributed by atoms with Gasteiger partial charge in [0.1, 0.15) is 6.04 Å². The lowest BCUT2D eigenvalue weighted by atomic mass is 9.92. The van der Waals surface area contributed by atoms with Crippen LogP contribution in [0.4, 0.5) is 0 Å². The molecular formula is C17H26N2O2. The average Bonchev–Trinajstić information content (AvgIpc) is 2.49. The lowest BCUT2D eigenvalue weighted by Crippen LogP contribution is -2.49. The molecule has 0 saturated carbocycles. The largest absolute Gasteiger partial charge is 0.368 e. The first-order valence-electron chi connectivity index (χ1n) is 7.62. The second kappa shape index (κ2) is 8.45. The maximum absolute atomic E-state index is 12.2. The highest BCUT2D eigenvalue weighted by atomic mass is 16.2. The van der Waals surface area contributed by atoms with Gasteiger partial charge in [-0.25, -0.2) is 0 Å². The number of nitrogens with one attached hydrogen (secondary N) is 1. The fraction of sp³-hybridized carbons (Fsp3) is 0.529. The highest BCUT2D eigenvalue weighted by Crippen LogP contribution is 2.19. The average molecular weight is 290 g/mol. The van der Waals surface area contributed by atoms with Gasteiger partial charge in [-0.15, -0.1) is 0 Å². The molecule has 21 heavy (non-hydrogen) atoms. The Morgan fingerprint density at radius 1 is 1.19 bits per heavy atom. The van der Waals surface area contributed by atoms with Crippen LogP contribution in [0.25, 0.3) is 0 Å². The van der Waals surface area contributed by atoms with E-state index in [2.05, 4.69) is 12.2 Å². The second-order valence-electron chi connectivity index (χ2n) is 5.63. The van der Waals surface area contributed by atoms with E-state index < -0.39 is 11.9 Å². The number of benzene rings is 1. The molecule has 0 aromatic heterocycles. The number of hydrogen-bond acceptors (Lipinski definition) is 2. The van der Waals surface area contributed by atoms with E-state index in [0.29, 0.717) is 0 Å². The number of carbonyl (C=O) groups is 2. The van der Waals surface area contributed by atoms with E-state index in [1.807, 2.05) is 44.2 Å². The minimum Gasteiger partial charge on any atom is -0.368 e. The molecule has 0 aliphatic rings. The molecule has 116 valence electrons. The molecule has 0 radical (unpaired) electrons. The smallest absolute Gasteiger partial charge is 0.240 e. The lowest BCUT2D eigenvalue weighted by Gasteiger charge is -2.24. The highest BCUT2D eigenvalue weighted by molar-refractivity contribution is 5.88. The third-order valence-corrected chi connectivity index (χ3v) is 3.87. The Bertz CT molecular complexity index is 459. The summed E-state index contributed by atoms with van der Waals surface area (Å²) in [5.74, 6) is -0.849. The van der Waals surface area contributed by atoms with Gasteiger partial charge in [0.25, 0.3) is 0 Å². The molecule has 0 aliphatic carbocycles. The third-order valence-electron chi connectivity index (χ3n) is 3.87. The fourth-order valence-electron chi connectivity index (χ4n) is 2.33. The van der Waals surface area contributed by atoms with Gasteiger partial charge in [0.05, 0.1) is 0 Å². The standard InChI is InChI=1S/C17H26N2O2/c1-4-5-9-12(2)17(21)19-15(16(18)20)13(3)14-10-7-6-8-11-14/h6-8,10-13,15H,4-5,9H2,1-3H3,(H2,18,20)(H,19,21)/t12-,13-,15-/m0/s1. The molecule has 3 N–H and O–H groups in total. The summed E-state index contributed by atoms with van der Waals surface area (Å²) < 4.78 is 0. The van der Waals surface area contributed by atoms with Crippen LogP contribution in [0.15, 0.2) is 30.3 Å². The maximum atomic E-state index is 12.2. The third kappa shape index (κ3) is 5.21. The van der Waals surface area contributed by atoms with Crippen LogP contribution < -0.4 is 11.1 Å². The molecule has 0 spiro atoms. The fourth-order valence-corrected chi connectivity index (χ4v) is 2.33. The number of unbranched alkanes of at least 4 members (excludes halogenated alkanes) is 1. The lowest BCUT2D eigenvalue weighted by molar-refractivity contribution is -0.130. The van der Waals surface area contributed by atoms with Gasteiger partial charge in [0.2, 0.25) is 11.8 Å². The number of carbonyl (C=O) groups excluding carboxylic acids is 2. The minimum absolute atomic E-state index is 0.102. The summed E-state index contributed by atoms with van der Waals surface area (Å²) in [5.41, 5.74) is 6.46. The van der Waals surface area contributed by atoms with Crippen molar-refractivity contribution >= 4 is 11.8 Å². The topological polar surface area (TPSA) is 72.2 Å². The van der Waals surface area contributed by atoms with E-state index in [0.717, 1.165) is 24.8 Å². The van der Waals surface area contributed by atoms with E-state index in [4.69, 9.17) is 5.73 Å². The summed E-state index contributed by atoms with van der Waals surface area (Å²) >= 11 is 0. The predicted molar refractivity (Wildman–Crippen MR) is 84.7 cm³/mol. The van der Waals surface area contributed by atoms with Crippen molar-refractivity contribution in [3.05, 3.63) is 35.9 Å². The van der Waals surface area contributed by atoms with Crippen LogP contribution in [0.2, 0.25) is 0 Å². The Morgan fingerprint density at radius 3 is 2.33 bits per heavy atom. The zero-order valence-corrected chi connectivity index (χ0v) is 13.1. The van der Waals surface area contributed by atoms with E-state index in [9.17, 15) is 9.59 Å². The predicted octanol–water partition coefficient (Wildman–Crippen LogP) is 2.59. The molecule has 1 aromatic rings. The number of primary amides is 1. The second-order valence-corrected chi connectivity index (χ2v) is 5.63. The number of hydrogen-bond donors (Lipinski definition) is 2. The van der Waals surface area contributed by atoms with Gasteiger partial charge in [-0.3, -0.25) is 9.59 Å². The van der Waals surface area contributed by atoms with Crippen molar-refractivity contribution in [3.8, 4) is 0 Å². The van der Waals surface area contributed by atoms with Crippen LogP contribution in [0.5, 0.6) is 0 Å². The Morgan fingerprint density at radius 2 is 1.81 bits per heavy atom. The van der Waals surface area contributed by atoms with Gasteiger partial charge in [-0.05, 0) is 12.0 Å². The molecule has 1 aromatic carbocycles. The minimum atomic E-state index is -0.677. The quantitative estimate of drug-likeness (QED) is 0.772. The van der Waals surface area contributed by atoms with Crippen molar-refractivity contribution in [2.45, 2.75) is 52.0 Å². The Labute approximate surface area is 127 Å². The summed E-state index contributed by atoms with van der Waals surface area (Å²) in [5, 5.41) is 2.81. The van der Waals surface area contributed by atoms with Gasteiger partial charge >= 0.3 is 0 Å². The summed E-state index contributed by atoms with van der Waals surface area (Å²) in [6.45, 7) is 5.88. The van der Waals surface area contributed by atoms with Gasteiger partial charge in [0.15, 0.2) is 0 Å². The summed E-state index contributed by atoms with van der Waals surface area (Å²) in [6.07, 6.45) is 2.88. The van der Waals surface area contributed by atoms with Crippen LogP contribution in [-0.4, -0.2) is 17.9 Å². The first kappa shape index (κ1) is 17.2.